The molecule has 0 radical (unpaired) electrons. The highest BCUT2D eigenvalue weighted by atomic mass is 16.2. The van der Waals surface area contributed by atoms with Crippen LogP contribution in [0.5, 0.6) is 0 Å². The van der Waals surface area contributed by atoms with Gasteiger partial charge in [0.15, 0.2) is 0 Å². The van der Waals surface area contributed by atoms with Crippen LogP contribution in [0.2, 0.25) is 0 Å². The first-order chi connectivity index (χ1) is 8.74. The maximum absolute atomic E-state index is 11.2. The number of carbonyl (C=O) groups excluding carboxylic acids is 1. The third kappa shape index (κ3) is 2.30. The van der Waals surface area contributed by atoms with Crippen molar-refractivity contribution in [1.29, 1.82) is 0 Å². The van der Waals surface area contributed by atoms with Crippen LogP contribution in [-0.4, -0.2) is 47.0 Å². The maximum Gasteiger partial charge on any atom is 0.225 e. The van der Waals surface area contributed by atoms with Crippen LogP contribution in [0, 0.1) is 0 Å². The van der Waals surface area contributed by atoms with Crippen molar-refractivity contribution >= 4 is 11.9 Å². The number of nitrogens with zero attached hydrogens (tertiary/aromatic N) is 4. The lowest BCUT2D eigenvalue weighted by molar-refractivity contribution is -0.129. The Hall–Kier alpha value is -1.65. The average molecular weight is 246 g/mol. The van der Waals surface area contributed by atoms with Gasteiger partial charge in [-0.3, -0.25) is 4.79 Å². The molecule has 1 aromatic rings. The van der Waals surface area contributed by atoms with Crippen molar-refractivity contribution in [2.24, 2.45) is 0 Å². The normalized spacial score (nSPS) is 20.1. The first-order valence-corrected chi connectivity index (χ1v) is 6.56. The highest BCUT2D eigenvalue weighted by Crippen LogP contribution is 2.39. The highest BCUT2D eigenvalue weighted by molar-refractivity contribution is 5.73. The number of piperazine rings is 1. The molecule has 1 saturated carbocycles. The molecule has 2 fully saturated rings. The second-order valence-electron chi connectivity index (χ2n) is 5.08. The lowest BCUT2D eigenvalue weighted by Crippen LogP contribution is -2.48. The molecule has 18 heavy (non-hydrogen) atoms. The summed E-state index contributed by atoms with van der Waals surface area (Å²) >= 11 is 0. The van der Waals surface area contributed by atoms with Crippen LogP contribution in [0.1, 0.15) is 31.2 Å². The van der Waals surface area contributed by atoms with Crippen molar-refractivity contribution in [3.05, 3.63) is 18.0 Å². The largest absolute Gasteiger partial charge is 0.339 e. The molecule has 0 unspecified atom stereocenters. The van der Waals surface area contributed by atoms with E-state index in [0.717, 1.165) is 32.1 Å². The molecule has 3 rings (SSSR count). The van der Waals surface area contributed by atoms with Crippen LogP contribution < -0.4 is 4.90 Å². The Morgan fingerprint density at radius 2 is 1.78 bits per heavy atom. The molecule has 0 N–H and O–H groups in total. The van der Waals surface area contributed by atoms with Gasteiger partial charge in [0.1, 0.15) is 0 Å². The molecule has 1 aromatic heterocycles. The van der Waals surface area contributed by atoms with Crippen LogP contribution in [0.4, 0.5) is 5.95 Å². The van der Waals surface area contributed by atoms with E-state index in [2.05, 4.69) is 14.9 Å². The molecular formula is C13H18N4O. The van der Waals surface area contributed by atoms with Crippen LogP contribution in [0.15, 0.2) is 12.4 Å². The minimum atomic E-state index is 0.152. The average Bonchev–Trinajstić information content (AvgIpc) is 3.23. The van der Waals surface area contributed by atoms with Gasteiger partial charge in [-0.2, -0.15) is 0 Å². The van der Waals surface area contributed by atoms with Gasteiger partial charge in [0.25, 0.3) is 0 Å². The lowest BCUT2D eigenvalue weighted by Gasteiger charge is -2.34. The van der Waals surface area contributed by atoms with Crippen LogP contribution in [0.3, 0.4) is 0 Å². The fourth-order valence-electron chi connectivity index (χ4n) is 2.34. The molecule has 0 aromatic carbocycles. The monoisotopic (exact) mass is 246 g/mol. The van der Waals surface area contributed by atoms with Crippen LogP contribution >= 0.6 is 0 Å². The van der Waals surface area contributed by atoms with Crippen molar-refractivity contribution in [2.75, 3.05) is 31.1 Å². The Labute approximate surface area is 107 Å². The third-order valence-electron chi connectivity index (χ3n) is 3.71. The van der Waals surface area contributed by atoms with E-state index in [4.69, 9.17) is 0 Å². The summed E-state index contributed by atoms with van der Waals surface area (Å²) in [6, 6.07) is 0. The topological polar surface area (TPSA) is 49.3 Å². The second-order valence-corrected chi connectivity index (χ2v) is 5.08. The van der Waals surface area contributed by atoms with Crippen molar-refractivity contribution in [1.82, 2.24) is 14.9 Å². The Morgan fingerprint density at radius 1 is 1.17 bits per heavy atom. The fourth-order valence-corrected chi connectivity index (χ4v) is 2.34. The Kier molecular flexibility index (Phi) is 2.89. The molecule has 5 nitrogen and oxygen atoms in total. The summed E-state index contributed by atoms with van der Waals surface area (Å²) in [5.74, 6) is 1.65. The molecule has 0 bridgehead atoms. The van der Waals surface area contributed by atoms with Crippen molar-refractivity contribution in [2.45, 2.75) is 25.7 Å². The van der Waals surface area contributed by atoms with Gasteiger partial charge >= 0.3 is 0 Å². The van der Waals surface area contributed by atoms with Gasteiger partial charge in [0.2, 0.25) is 11.9 Å². The van der Waals surface area contributed by atoms with E-state index in [1.807, 2.05) is 17.3 Å². The fraction of sp³-hybridized carbons (Fsp3) is 0.615. The Morgan fingerprint density at radius 3 is 2.28 bits per heavy atom. The van der Waals surface area contributed by atoms with Gasteiger partial charge in [-0.05, 0) is 24.3 Å². The summed E-state index contributed by atoms with van der Waals surface area (Å²) < 4.78 is 0. The van der Waals surface area contributed by atoms with Crippen molar-refractivity contribution in [3.63, 3.8) is 0 Å². The second kappa shape index (κ2) is 4.55. The first-order valence-electron chi connectivity index (χ1n) is 6.56. The number of hydrogen-bond acceptors (Lipinski definition) is 4. The van der Waals surface area contributed by atoms with Gasteiger partial charge in [0, 0.05) is 45.5 Å². The molecule has 2 aliphatic rings. The summed E-state index contributed by atoms with van der Waals surface area (Å²) in [6.45, 7) is 4.80. The van der Waals surface area contributed by atoms with Gasteiger partial charge in [-0.25, -0.2) is 9.97 Å². The predicted molar refractivity (Wildman–Crippen MR) is 68.5 cm³/mol. The molecule has 0 spiro atoms. The third-order valence-corrected chi connectivity index (χ3v) is 3.71. The number of amides is 1. The molecule has 96 valence electrons. The molecule has 1 aliphatic carbocycles. The zero-order chi connectivity index (χ0) is 12.5. The standard InChI is InChI=1S/C13H18N4O/c1-10(18)16-4-6-17(7-5-16)13-14-8-12(9-15-13)11-2-3-11/h8-9,11H,2-7H2,1H3. The minimum absolute atomic E-state index is 0.152. The first kappa shape index (κ1) is 11.4. The molecule has 1 saturated heterocycles. The lowest BCUT2D eigenvalue weighted by atomic mass is 10.2. The van der Waals surface area contributed by atoms with E-state index < -0.39 is 0 Å². The number of carbonyl (C=O) groups is 1. The van der Waals surface area contributed by atoms with Gasteiger partial charge in [0.05, 0.1) is 0 Å². The predicted octanol–water partition coefficient (Wildman–Crippen LogP) is 1.02. The van der Waals surface area contributed by atoms with E-state index >= 15 is 0 Å². The summed E-state index contributed by atoms with van der Waals surface area (Å²) in [4.78, 5) is 24.2. The van der Waals surface area contributed by atoms with E-state index in [1.165, 1.54) is 18.4 Å². The summed E-state index contributed by atoms with van der Waals surface area (Å²) in [6.07, 6.45) is 6.47. The van der Waals surface area contributed by atoms with Crippen LogP contribution in [0.25, 0.3) is 0 Å². The maximum atomic E-state index is 11.2. The zero-order valence-corrected chi connectivity index (χ0v) is 10.7. The van der Waals surface area contributed by atoms with Crippen molar-refractivity contribution in [3.8, 4) is 0 Å². The smallest absolute Gasteiger partial charge is 0.225 e. The van der Waals surface area contributed by atoms with Gasteiger partial charge in [-0.15, -0.1) is 0 Å². The van der Waals surface area contributed by atoms with E-state index in [9.17, 15) is 4.79 Å². The van der Waals surface area contributed by atoms with Gasteiger partial charge < -0.3 is 9.80 Å². The molecule has 0 atom stereocenters. The number of rotatable bonds is 2. The number of aromatic nitrogens is 2. The summed E-state index contributed by atoms with van der Waals surface area (Å²) in [5, 5.41) is 0. The number of anilines is 1. The Balaban J connectivity index is 1.63. The zero-order valence-electron chi connectivity index (χ0n) is 10.7. The SMILES string of the molecule is CC(=O)N1CCN(c2ncc(C3CC3)cn2)CC1. The van der Waals surface area contributed by atoms with E-state index in [0.29, 0.717) is 5.92 Å². The molecule has 2 heterocycles. The Bertz CT molecular complexity index is 433. The van der Waals surface area contributed by atoms with Crippen molar-refractivity contribution < 1.29 is 4.79 Å². The summed E-state index contributed by atoms with van der Waals surface area (Å²) in [5.41, 5.74) is 1.26. The van der Waals surface area contributed by atoms with E-state index in [1.54, 1.807) is 6.92 Å². The van der Waals surface area contributed by atoms with E-state index in [-0.39, 0.29) is 5.91 Å². The quantitative estimate of drug-likeness (QED) is 0.782. The summed E-state index contributed by atoms with van der Waals surface area (Å²) in [7, 11) is 0. The molecule has 1 aliphatic heterocycles. The van der Waals surface area contributed by atoms with Gasteiger partial charge in [-0.1, -0.05) is 0 Å². The minimum Gasteiger partial charge on any atom is -0.339 e. The highest BCUT2D eigenvalue weighted by Gasteiger charge is 2.25. The molecule has 5 heteroatoms. The number of hydrogen-bond donors (Lipinski definition) is 0. The van der Waals surface area contributed by atoms with Crippen LogP contribution in [-0.2, 0) is 4.79 Å². The molecule has 1 amide bonds. The molecular weight excluding hydrogens is 228 g/mol.